The van der Waals surface area contributed by atoms with Crippen molar-refractivity contribution in [2.45, 2.75) is 39.2 Å². The molecule has 0 bridgehead atoms. The summed E-state index contributed by atoms with van der Waals surface area (Å²) in [6.45, 7) is 10.1. The monoisotopic (exact) mass is 360 g/mol. The van der Waals surface area contributed by atoms with Gasteiger partial charge in [-0.1, -0.05) is 0 Å². The van der Waals surface area contributed by atoms with E-state index in [1.807, 2.05) is 0 Å². The highest BCUT2D eigenvalue weighted by Gasteiger charge is 2.50. The van der Waals surface area contributed by atoms with Gasteiger partial charge in [0.1, 0.15) is 6.10 Å². The standard InChI is InChI=1S/C19H28N4O3/c1-14-12-20-21-17(15(14)2)23-5-3-19(4-6-23)11-16(26-18(19)24)13-22-7-9-25-10-8-22/h12,16H,3-11,13H2,1-2H3. The van der Waals surface area contributed by atoms with Crippen molar-refractivity contribution in [2.75, 3.05) is 50.8 Å². The number of piperidine rings is 1. The predicted molar refractivity (Wildman–Crippen MR) is 97.1 cm³/mol. The number of ether oxygens (including phenoxy) is 2. The first kappa shape index (κ1) is 17.7. The maximum absolute atomic E-state index is 12.7. The van der Waals surface area contributed by atoms with Crippen LogP contribution in [0.2, 0.25) is 0 Å². The number of aromatic nitrogens is 2. The number of hydrogen-bond donors (Lipinski definition) is 0. The zero-order chi connectivity index (χ0) is 18.1. The van der Waals surface area contributed by atoms with Crippen LogP contribution in [0, 0.1) is 19.3 Å². The van der Waals surface area contributed by atoms with E-state index in [9.17, 15) is 4.79 Å². The van der Waals surface area contributed by atoms with Gasteiger partial charge in [-0.25, -0.2) is 0 Å². The summed E-state index contributed by atoms with van der Waals surface area (Å²) in [6.07, 6.45) is 4.33. The van der Waals surface area contributed by atoms with E-state index in [0.717, 1.165) is 76.6 Å². The van der Waals surface area contributed by atoms with Crippen LogP contribution < -0.4 is 4.90 Å². The van der Waals surface area contributed by atoms with Crippen LogP contribution in [0.5, 0.6) is 0 Å². The minimum absolute atomic E-state index is 0.00228. The molecule has 1 unspecified atom stereocenters. The second-order valence-electron chi connectivity index (χ2n) is 7.89. The van der Waals surface area contributed by atoms with Crippen molar-refractivity contribution in [2.24, 2.45) is 5.41 Å². The summed E-state index contributed by atoms with van der Waals surface area (Å²) in [5.41, 5.74) is 2.02. The van der Waals surface area contributed by atoms with E-state index < -0.39 is 0 Å². The summed E-state index contributed by atoms with van der Waals surface area (Å²) in [7, 11) is 0. The van der Waals surface area contributed by atoms with Gasteiger partial charge in [0.2, 0.25) is 0 Å². The molecular weight excluding hydrogens is 332 g/mol. The number of rotatable bonds is 3. The predicted octanol–water partition coefficient (Wildman–Crippen LogP) is 1.33. The molecule has 7 heteroatoms. The van der Waals surface area contributed by atoms with Crippen LogP contribution in [-0.2, 0) is 14.3 Å². The Morgan fingerprint density at radius 3 is 2.65 bits per heavy atom. The number of hydrogen-bond acceptors (Lipinski definition) is 7. The maximum Gasteiger partial charge on any atom is 0.312 e. The molecule has 4 heterocycles. The second kappa shape index (κ2) is 7.12. The largest absolute Gasteiger partial charge is 0.461 e. The van der Waals surface area contributed by atoms with Crippen LogP contribution >= 0.6 is 0 Å². The summed E-state index contributed by atoms with van der Waals surface area (Å²) in [4.78, 5) is 17.3. The van der Waals surface area contributed by atoms with Gasteiger partial charge in [-0.3, -0.25) is 9.69 Å². The van der Waals surface area contributed by atoms with Crippen LogP contribution in [0.3, 0.4) is 0 Å². The summed E-state index contributed by atoms with van der Waals surface area (Å²) in [5, 5.41) is 8.43. The van der Waals surface area contributed by atoms with Crippen molar-refractivity contribution in [3.63, 3.8) is 0 Å². The third kappa shape index (κ3) is 3.30. The minimum atomic E-state index is -0.307. The lowest BCUT2D eigenvalue weighted by Gasteiger charge is -2.37. The Hall–Kier alpha value is -1.73. The topological polar surface area (TPSA) is 67.8 Å². The quantitative estimate of drug-likeness (QED) is 0.753. The molecule has 0 saturated carbocycles. The fourth-order valence-electron chi connectivity index (χ4n) is 4.38. The van der Waals surface area contributed by atoms with Crippen LogP contribution in [0.1, 0.15) is 30.4 Å². The summed E-state index contributed by atoms with van der Waals surface area (Å²) < 4.78 is 11.2. The number of carbonyl (C=O) groups is 1. The second-order valence-corrected chi connectivity index (χ2v) is 7.89. The molecule has 0 radical (unpaired) electrons. The van der Waals surface area contributed by atoms with Gasteiger partial charge >= 0.3 is 5.97 Å². The Morgan fingerprint density at radius 1 is 1.19 bits per heavy atom. The number of esters is 1. The van der Waals surface area contributed by atoms with E-state index in [0.29, 0.717) is 0 Å². The van der Waals surface area contributed by atoms with E-state index in [-0.39, 0.29) is 17.5 Å². The lowest BCUT2D eigenvalue weighted by atomic mass is 9.76. The zero-order valence-corrected chi connectivity index (χ0v) is 15.7. The third-order valence-corrected chi connectivity index (χ3v) is 6.24. The molecule has 1 aromatic rings. The molecule has 7 nitrogen and oxygen atoms in total. The number of aryl methyl sites for hydroxylation is 1. The first-order valence-electron chi connectivity index (χ1n) is 9.62. The Balaban J connectivity index is 1.38. The van der Waals surface area contributed by atoms with E-state index in [4.69, 9.17) is 9.47 Å². The van der Waals surface area contributed by atoms with Gasteiger partial charge in [0.15, 0.2) is 5.82 Å². The Morgan fingerprint density at radius 2 is 1.92 bits per heavy atom. The van der Waals surface area contributed by atoms with E-state index >= 15 is 0 Å². The van der Waals surface area contributed by atoms with Gasteiger partial charge in [0, 0.05) is 39.1 Å². The normalized spacial score (nSPS) is 26.3. The van der Waals surface area contributed by atoms with Gasteiger partial charge in [0.05, 0.1) is 24.8 Å². The van der Waals surface area contributed by atoms with Crippen LogP contribution in [-0.4, -0.2) is 73.1 Å². The van der Waals surface area contributed by atoms with E-state index in [1.54, 1.807) is 6.20 Å². The minimum Gasteiger partial charge on any atom is -0.461 e. The van der Waals surface area contributed by atoms with Gasteiger partial charge < -0.3 is 14.4 Å². The highest BCUT2D eigenvalue weighted by molar-refractivity contribution is 5.79. The molecule has 0 amide bonds. The molecule has 1 spiro atoms. The van der Waals surface area contributed by atoms with E-state index in [1.165, 1.54) is 5.56 Å². The molecular formula is C19H28N4O3. The van der Waals surface area contributed by atoms with Crippen molar-refractivity contribution < 1.29 is 14.3 Å². The molecule has 1 atom stereocenters. The van der Waals surface area contributed by atoms with Gasteiger partial charge in [0.25, 0.3) is 0 Å². The first-order valence-corrected chi connectivity index (χ1v) is 9.62. The average Bonchev–Trinajstić information content (AvgIpc) is 2.94. The lowest BCUT2D eigenvalue weighted by Crippen LogP contribution is -2.43. The Kier molecular flexibility index (Phi) is 4.84. The number of nitrogens with zero attached hydrogens (tertiary/aromatic N) is 4. The highest BCUT2D eigenvalue weighted by Crippen LogP contribution is 2.44. The zero-order valence-electron chi connectivity index (χ0n) is 15.7. The molecule has 4 rings (SSSR count). The number of cyclic esters (lactones) is 1. The van der Waals surface area contributed by atoms with Crippen molar-refractivity contribution >= 4 is 11.8 Å². The van der Waals surface area contributed by atoms with Gasteiger partial charge in [-0.05, 0) is 37.8 Å². The summed E-state index contributed by atoms with van der Waals surface area (Å²) >= 11 is 0. The number of anilines is 1. The van der Waals surface area contributed by atoms with Crippen LogP contribution in [0.15, 0.2) is 6.20 Å². The number of morpholine rings is 1. The first-order chi connectivity index (χ1) is 12.6. The fourth-order valence-corrected chi connectivity index (χ4v) is 4.38. The molecule has 26 heavy (non-hydrogen) atoms. The molecule has 0 aliphatic carbocycles. The highest BCUT2D eigenvalue weighted by atomic mass is 16.6. The van der Waals surface area contributed by atoms with Crippen molar-refractivity contribution in [3.05, 3.63) is 17.3 Å². The molecule has 142 valence electrons. The smallest absolute Gasteiger partial charge is 0.312 e. The third-order valence-electron chi connectivity index (χ3n) is 6.24. The van der Waals surface area contributed by atoms with Crippen molar-refractivity contribution in [1.82, 2.24) is 15.1 Å². The maximum atomic E-state index is 12.7. The van der Waals surface area contributed by atoms with E-state index in [2.05, 4.69) is 33.8 Å². The molecule has 0 N–H and O–H groups in total. The van der Waals surface area contributed by atoms with Crippen molar-refractivity contribution in [3.8, 4) is 0 Å². The molecule has 3 saturated heterocycles. The molecule has 3 fully saturated rings. The van der Waals surface area contributed by atoms with Crippen LogP contribution in [0.4, 0.5) is 5.82 Å². The average molecular weight is 360 g/mol. The Bertz CT molecular complexity index is 667. The molecule has 0 aromatic carbocycles. The van der Waals surface area contributed by atoms with Gasteiger partial charge in [-0.15, -0.1) is 5.10 Å². The van der Waals surface area contributed by atoms with Crippen LogP contribution in [0.25, 0.3) is 0 Å². The molecule has 3 aliphatic heterocycles. The molecule has 1 aromatic heterocycles. The Labute approximate surface area is 154 Å². The fraction of sp³-hybridized carbons (Fsp3) is 0.737. The van der Waals surface area contributed by atoms with Gasteiger partial charge in [-0.2, -0.15) is 5.10 Å². The van der Waals surface area contributed by atoms with Crippen molar-refractivity contribution in [1.29, 1.82) is 0 Å². The molecule has 3 aliphatic rings. The number of carbonyl (C=O) groups excluding carboxylic acids is 1. The summed E-state index contributed by atoms with van der Waals surface area (Å²) in [5.74, 6) is 0.957. The SMILES string of the molecule is Cc1cnnc(N2CCC3(CC2)CC(CN2CCOCC2)OC3=O)c1C. The summed E-state index contributed by atoms with van der Waals surface area (Å²) in [6, 6.07) is 0. The lowest BCUT2D eigenvalue weighted by molar-refractivity contribution is -0.150.